The van der Waals surface area contributed by atoms with Crippen molar-refractivity contribution in [3.8, 4) is 0 Å². The second kappa shape index (κ2) is 7.79. The van der Waals surface area contributed by atoms with E-state index in [9.17, 15) is 0 Å². The highest BCUT2D eigenvalue weighted by atomic mass is 16.7. The number of rotatable bonds is 3. The Labute approximate surface area is 126 Å². The van der Waals surface area contributed by atoms with Crippen molar-refractivity contribution in [2.45, 2.75) is 116 Å². The highest BCUT2D eigenvalue weighted by molar-refractivity contribution is 4.79. The lowest BCUT2D eigenvalue weighted by Crippen LogP contribution is -2.47. The van der Waals surface area contributed by atoms with Gasteiger partial charge in [0, 0.05) is 12.1 Å². The van der Waals surface area contributed by atoms with Crippen LogP contribution in [0.3, 0.4) is 0 Å². The Morgan fingerprint density at radius 1 is 0.650 bits per heavy atom. The maximum atomic E-state index is 6.46. The fourth-order valence-electron chi connectivity index (χ4n) is 3.79. The summed E-state index contributed by atoms with van der Waals surface area (Å²) in [6.45, 7) is 6.61. The normalized spacial score (nSPS) is 24.6. The maximum Gasteiger partial charge on any atom is 0.0816 e. The molecule has 2 heteroatoms. The van der Waals surface area contributed by atoms with Gasteiger partial charge >= 0.3 is 0 Å². The Morgan fingerprint density at radius 2 is 1.00 bits per heavy atom. The maximum absolute atomic E-state index is 6.46. The largest absolute Gasteiger partial charge is 0.293 e. The van der Waals surface area contributed by atoms with E-state index in [1.807, 2.05) is 0 Å². The highest BCUT2D eigenvalue weighted by Gasteiger charge is 2.31. The number of hydrogen-bond acceptors (Lipinski definition) is 2. The Bertz CT molecular complexity index is 235. The van der Waals surface area contributed by atoms with Gasteiger partial charge in [0.25, 0.3) is 0 Å². The molecule has 2 nitrogen and oxygen atoms in total. The smallest absolute Gasteiger partial charge is 0.0816 e. The molecule has 2 saturated carbocycles. The quantitative estimate of drug-likeness (QED) is 0.503. The van der Waals surface area contributed by atoms with E-state index in [-0.39, 0.29) is 5.60 Å². The van der Waals surface area contributed by atoms with E-state index in [4.69, 9.17) is 4.84 Å². The number of nitrogens with zero attached hydrogens (tertiary/aromatic N) is 1. The van der Waals surface area contributed by atoms with Gasteiger partial charge in [0.15, 0.2) is 0 Å². The highest BCUT2D eigenvalue weighted by Crippen LogP contribution is 2.31. The van der Waals surface area contributed by atoms with Crippen molar-refractivity contribution in [1.29, 1.82) is 0 Å². The van der Waals surface area contributed by atoms with E-state index < -0.39 is 0 Å². The van der Waals surface area contributed by atoms with Crippen molar-refractivity contribution in [3.63, 3.8) is 0 Å². The monoisotopic (exact) mass is 281 g/mol. The van der Waals surface area contributed by atoms with Gasteiger partial charge in [-0.05, 0) is 46.5 Å². The zero-order valence-corrected chi connectivity index (χ0v) is 14.0. The lowest BCUT2D eigenvalue weighted by molar-refractivity contribution is -0.273. The average Bonchev–Trinajstić information content (AvgIpc) is 2.80. The molecular formula is C18H35NO. The molecule has 0 radical (unpaired) electrons. The first kappa shape index (κ1) is 16.3. The van der Waals surface area contributed by atoms with Crippen molar-refractivity contribution in [2.75, 3.05) is 0 Å². The molecule has 0 heterocycles. The minimum atomic E-state index is -0.0569. The standard InChI is InChI=1S/C18H35NO/c1-18(2,3)20-19(16-12-8-4-5-9-13-16)17-14-10-6-7-11-15-17/h16-17H,4-15H2,1-3H3. The molecule has 0 aromatic carbocycles. The minimum absolute atomic E-state index is 0.0569. The van der Waals surface area contributed by atoms with Gasteiger partial charge in [0.2, 0.25) is 0 Å². The van der Waals surface area contributed by atoms with Crippen LogP contribution < -0.4 is 0 Å². The molecule has 0 bridgehead atoms. The molecule has 0 aromatic heterocycles. The van der Waals surface area contributed by atoms with Gasteiger partial charge in [-0.3, -0.25) is 4.84 Å². The van der Waals surface area contributed by atoms with Crippen molar-refractivity contribution in [1.82, 2.24) is 5.06 Å². The molecule has 0 aliphatic heterocycles. The van der Waals surface area contributed by atoms with Gasteiger partial charge in [-0.1, -0.05) is 51.4 Å². The summed E-state index contributed by atoms with van der Waals surface area (Å²) in [4.78, 5) is 6.46. The van der Waals surface area contributed by atoms with E-state index in [0.717, 1.165) is 0 Å². The van der Waals surface area contributed by atoms with E-state index in [1.165, 1.54) is 77.0 Å². The van der Waals surface area contributed by atoms with Crippen molar-refractivity contribution < 1.29 is 4.84 Å². The van der Waals surface area contributed by atoms with Gasteiger partial charge in [0.05, 0.1) is 5.60 Å². The topological polar surface area (TPSA) is 12.5 Å². The summed E-state index contributed by atoms with van der Waals surface area (Å²) in [6, 6.07) is 1.33. The SMILES string of the molecule is CC(C)(C)ON(C1CCCCCC1)C1CCCCCC1. The number of hydrogen-bond donors (Lipinski definition) is 0. The molecule has 0 spiro atoms. The van der Waals surface area contributed by atoms with Crippen LogP contribution in [0.5, 0.6) is 0 Å². The van der Waals surface area contributed by atoms with E-state index in [1.54, 1.807) is 0 Å². The van der Waals surface area contributed by atoms with Gasteiger partial charge in [-0.25, -0.2) is 0 Å². The van der Waals surface area contributed by atoms with Crippen molar-refractivity contribution >= 4 is 0 Å². The van der Waals surface area contributed by atoms with Crippen LogP contribution in [0.4, 0.5) is 0 Å². The Balaban J connectivity index is 2.05. The first-order valence-electron chi connectivity index (χ1n) is 9.04. The zero-order chi connectivity index (χ0) is 14.4. The van der Waals surface area contributed by atoms with Gasteiger partial charge in [-0.2, -0.15) is 5.06 Å². The number of hydroxylamine groups is 2. The summed E-state index contributed by atoms with van der Waals surface area (Å²) < 4.78 is 0. The average molecular weight is 281 g/mol. The van der Waals surface area contributed by atoms with Gasteiger partial charge in [0.1, 0.15) is 0 Å². The second-order valence-corrected chi connectivity index (χ2v) is 7.85. The first-order chi connectivity index (χ1) is 9.56. The van der Waals surface area contributed by atoms with Crippen LogP contribution in [-0.2, 0) is 4.84 Å². The molecule has 2 aliphatic carbocycles. The van der Waals surface area contributed by atoms with Crippen molar-refractivity contribution in [3.05, 3.63) is 0 Å². The Hall–Kier alpha value is -0.0800. The van der Waals surface area contributed by atoms with Crippen LogP contribution in [0.25, 0.3) is 0 Å². The summed E-state index contributed by atoms with van der Waals surface area (Å²) in [5, 5.41) is 2.47. The molecule has 2 fully saturated rings. The van der Waals surface area contributed by atoms with Crippen LogP contribution in [0.15, 0.2) is 0 Å². The molecular weight excluding hydrogens is 246 g/mol. The predicted octanol–water partition coefficient (Wildman–Crippen LogP) is 5.46. The first-order valence-corrected chi connectivity index (χ1v) is 9.04. The van der Waals surface area contributed by atoms with Crippen LogP contribution >= 0.6 is 0 Å². The second-order valence-electron chi connectivity index (χ2n) is 7.85. The summed E-state index contributed by atoms with van der Waals surface area (Å²) in [5.74, 6) is 0. The van der Waals surface area contributed by atoms with Crippen LogP contribution in [0.2, 0.25) is 0 Å². The lowest BCUT2D eigenvalue weighted by atomic mass is 10.0. The third kappa shape index (κ3) is 5.37. The van der Waals surface area contributed by atoms with Crippen LogP contribution in [0, 0.1) is 0 Å². The molecule has 2 aliphatic rings. The zero-order valence-electron chi connectivity index (χ0n) is 14.0. The molecule has 20 heavy (non-hydrogen) atoms. The van der Waals surface area contributed by atoms with E-state index >= 15 is 0 Å². The Morgan fingerprint density at radius 3 is 1.30 bits per heavy atom. The van der Waals surface area contributed by atoms with E-state index in [0.29, 0.717) is 12.1 Å². The third-order valence-electron chi connectivity index (χ3n) is 4.75. The molecule has 0 aromatic rings. The fourth-order valence-corrected chi connectivity index (χ4v) is 3.79. The van der Waals surface area contributed by atoms with E-state index in [2.05, 4.69) is 25.8 Å². The van der Waals surface area contributed by atoms with Crippen LogP contribution in [0.1, 0.15) is 97.8 Å². The summed E-state index contributed by atoms with van der Waals surface area (Å²) in [7, 11) is 0. The summed E-state index contributed by atoms with van der Waals surface area (Å²) in [6.07, 6.45) is 16.6. The molecule has 0 N–H and O–H groups in total. The van der Waals surface area contributed by atoms with Crippen molar-refractivity contribution in [2.24, 2.45) is 0 Å². The molecule has 0 saturated heterocycles. The summed E-state index contributed by atoms with van der Waals surface area (Å²) >= 11 is 0. The van der Waals surface area contributed by atoms with Gasteiger partial charge < -0.3 is 0 Å². The fraction of sp³-hybridized carbons (Fsp3) is 1.00. The summed E-state index contributed by atoms with van der Waals surface area (Å²) in [5.41, 5.74) is -0.0569. The third-order valence-corrected chi connectivity index (χ3v) is 4.75. The molecule has 0 amide bonds. The molecule has 2 rings (SSSR count). The Kier molecular flexibility index (Phi) is 6.35. The molecule has 118 valence electrons. The molecule has 0 unspecified atom stereocenters. The molecule has 0 atom stereocenters. The predicted molar refractivity (Wildman–Crippen MR) is 85.7 cm³/mol. The minimum Gasteiger partial charge on any atom is -0.293 e. The van der Waals surface area contributed by atoms with Crippen LogP contribution in [-0.4, -0.2) is 22.7 Å². The van der Waals surface area contributed by atoms with Gasteiger partial charge in [-0.15, -0.1) is 0 Å². The lowest BCUT2D eigenvalue weighted by Gasteiger charge is -2.40.